The lowest BCUT2D eigenvalue weighted by atomic mass is 10.1. The van der Waals surface area contributed by atoms with Crippen molar-refractivity contribution in [3.05, 3.63) is 48.5 Å². The molecule has 4 nitrogen and oxygen atoms in total. The average Bonchev–Trinajstić information content (AvgIpc) is 3.05. The molecule has 0 amide bonds. The van der Waals surface area contributed by atoms with Gasteiger partial charge in [0.1, 0.15) is 11.5 Å². The highest BCUT2D eigenvalue weighted by Gasteiger charge is 2.02. The quantitative estimate of drug-likeness (QED) is 0.0780. The molecule has 4 heteroatoms. The van der Waals surface area contributed by atoms with Gasteiger partial charge in [-0.2, -0.15) is 0 Å². The number of phenols is 1. The molecule has 0 spiro atoms. The number of hydrogen-bond donors (Lipinski definition) is 2. The molecule has 0 bridgehead atoms. The first-order valence-electron chi connectivity index (χ1n) is 18.5. The Morgan fingerprint density at radius 3 is 1.39 bits per heavy atom. The molecular weight excluding hydrogens is 540 g/mol. The maximum absolute atomic E-state index is 8.82. The molecule has 2 aromatic rings. The van der Waals surface area contributed by atoms with Crippen LogP contribution in [-0.2, 0) is 0 Å². The predicted octanol–water partition coefficient (Wildman–Crippen LogP) is 12.6. The predicted molar refractivity (Wildman–Crippen MR) is 196 cm³/mol. The van der Waals surface area contributed by atoms with Crippen LogP contribution in [0, 0.1) is 0 Å². The van der Waals surface area contributed by atoms with E-state index >= 15 is 0 Å². The maximum atomic E-state index is 8.82. The van der Waals surface area contributed by atoms with Gasteiger partial charge in [0, 0.05) is 32.0 Å². The minimum atomic E-state index is 0.300. The van der Waals surface area contributed by atoms with Gasteiger partial charge in [0.2, 0.25) is 0 Å². The van der Waals surface area contributed by atoms with Gasteiger partial charge in [-0.1, -0.05) is 142 Å². The van der Waals surface area contributed by atoms with Crippen LogP contribution in [0.25, 0.3) is 0 Å². The van der Waals surface area contributed by atoms with Crippen molar-refractivity contribution in [3.63, 3.8) is 0 Å². The van der Waals surface area contributed by atoms with Crippen LogP contribution in [-0.4, -0.2) is 32.4 Å². The second kappa shape index (κ2) is 29.4. The standard InChI is InChI=1S/C33H61NO.C7H9NO/c1-4-6-8-10-12-14-16-18-20-22-24-30-34(3)32-26-28-33(29-27-32)35-31-25-23-21-19-17-15-13-11-9-7-5-2;1-8-6-2-4-7(9)5-3-6/h26-29H,4-25,30-31H2,1-3H3;2-5,8-9H,1H3. The molecule has 0 saturated heterocycles. The topological polar surface area (TPSA) is 44.7 Å². The Balaban J connectivity index is 0.000000912. The van der Waals surface area contributed by atoms with Crippen molar-refractivity contribution in [2.45, 2.75) is 155 Å². The fourth-order valence-corrected chi connectivity index (χ4v) is 5.52. The summed E-state index contributed by atoms with van der Waals surface area (Å²) in [6, 6.07) is 15.6. The van der Waals surface area contributed by atoms with Crippen LogP contribution in [0.15, 0.2) is 48.5 Å². The number of rotatable bonds is 27. The van der Waals surface area contributed by atoms with Crippen molar-refractivity contribution in [1.82, 2.24) is 0 Å². The van der Waals surface area contributed by atoms with E-state index in [2.05, 4.69) is 55.4 Å². The first kappa shape index (κ1) is 39.7. The molecule has 0 unspecified atom stereocenters. The number of anilines is 2. The Morgan fingerprint density at radius 2 is 0.955 bits per heavy atom. The minimum Gasteiger partial charge on any atom is -0.508 e. The third kappa shape index (κ3) is 23.1. The second-order valence-electron chi connectivity index (χ2n) is 12.6. The molecule has 0 aliphatic carbocycles. The van der Waals surface area contributed by atoms with E-state index < -0.39 is 0 Å². The smallest absolute Gasteiger partial charge is 0.119 e. The summed E-state index contributed by atoms with van der Waals surface area (Å²) in [7, 11) is 4.06. The minimum absolute atomic E-state index is 0.300. The van der Waals surface area contributed by atoms with Gasteiger partial charge < -0.3 is 20.1 Å². The number of hydrogen-bond acceptors (Lipinski definition) is 4. The monoisotopic (exact) mass is 611 g/mol. The van der Waals surface area contributed by atoms with Crippen LogP contribution < -0.4 is 15.0 Å². The first-order chi connectivity index (χ1) is 21.6. The Morgan fingerprint density at radius 1 is 0.545 bits per heavy atom. The Hall–Kier alpha value is -2.36. The third-order valence-corrected chi connectivity index (χ3v) is 8.55. The fraction of sp³-hybridized carbons (Fsp3) is 0.700. The van der Waals surface area contributed by atoms with E-state index in [4.69, 9.17) is 9.84 Å². The molecule has 2 rings (SSSR count). The summed E-state index contributed by atoms with van der Waals surface area (Å²) >= 11 is 0. The molecule has 2 N–H and O–H groups in total. The number of benzene rings is 2. The molecule has 0 heterocycles. The van der Waals surface area contributed by atoms with Gasteiger partial charge in [0.25, 0.3) is 0 Å². The van der Waals surface area contributed by atoms with Crippen molar-refractivity contribution in [1.29, 1.82) is 0 Å². The number of unbranched alkanes of at least 4 members (excludes halogenated alkanes) is 20. The normalized spacial score (nSPS) is 10.7. The highest BCUT2D eigenvalue weighted by atomic mass is 16.5. The van der Waals surface area contributed by atoms with Crippen LogP contribution in [0.1, 0.15) is 155 Å². The van der Waals surface area contributed by atoms with Gasteiger partial charge in [-0.15, -0.1) is 0 Å². The van der Waals surface area contributed by atoms with Gasteiger partial charge in [-0.05, 0) is 61.4 Å². The van der Waals surface area contributed by atoms with Crippen molar-refractivity contribution in [3.8, 4) is 11.5 Å². The van der Waals surface area contributed by atoms with E-state index in [-0.39, 0.29) is 0 Å². The summed E-state index contributed by atoms with van der Waals surface area (Å²) in [6.45, 7) is 6.58. The van der Waals surface area contributed by atoms with Crippen LogP contribution >= 0.6 is 0 Å². The van der Waals surface area contributed by atoms with Crippen LogP contribution in [0.4, 0.5) is 11.4 Å². The lowest BCUT2D eigenvalue weighted by Gasteiger charge is -2.19. The first-order valence-corrected chi connectivity index (χ1v) is 18.5. The zero-order valence-electron chi connectivity index (χ0n) is 29.4. The van der Waals surface area contributed by atoms with Crippen LogP contribution in [0.3, 0.4) is 0 Å². The van der Waals surface area contributed by atoms with Crippen molar-refractivity contribution in [2.75, 3.05) is 37.5 Å². The van der Waals surface area contributed by atoms with Gasteiger partial charge in [0.15, 0.2) is 0 Å². The maximum Gasteiger partial charge on any atom is 0.119 e. The van der Waals surface area contributed by atoms with Crippen molar-refractivity contribution >= 4 is 11.4 Å². The number of nitrogens with zero attached hydrogens (tertiary/aromatic N) is 1. The summed E-state index contributed by atoms with van der Waals surface area (Å²) in [6.07, 6.45) is 30.6. The molecule has 2 aromatic carbocycles. The molecule has 0 aliphatic heterocycles. The molecule has 0 fully saturated rings. The van der Waals surface area contributed by atoms with Crippen LogP contribution in [0.2, 0.25) is 0 Å². The molecule has 0 aromatic heterocycles. The number of aromatic hydroxyl groups is 1. The molecule has 0 atom stereocenters. The molecule has 0 saturated carbocycles. The van der Waals surface area contributed by atoms with Gasteiger partial charge in [-0.3, -0.25) is 0 Å². The number of ether oxygens (including phenoxy) is 1. The van der Waals surface area contributed by atoms with E-state index in [0.29, 0.717) is 5.75 Å². The molecule has 44 heavy (non-hydrogen) atoms. The Labute approximate surface area is 273 Å². The fourth-order valence-electron chi connectivity index (χ4n) is 5.52. The Bertz CT molecular complexity index is 853. The second-order valence-corrected chi connectivity index (χ2v) is 12.6. The zero-order chi connectivity index (χ0) is 31.9. The zero-order valence-corrected chi connectivity index (χ0v) is 29.4. The van der Waals surface area contributed by atoms with Gasteiger partial charge >= 0.3 is 0 Å². The SMILES string of the molecule is CCCCCCCCCCCCCOc1ccc(N(C)CCCCCCCCCCCCC)cc1.CNc1ccc(O)cc1. The molecule has 252 valence electrons. The highest BCUT2D eigenvalue weighted by Crippen LogP contribution is 2.20. The van der Waals surface area contributed by atoms with E-state index in [1.165, 1.54) is 147 Å². The van der Waals surface area contributed by atoms with Gasteiger partial charge in [0.05, 0.1) is 6.61 Å². The van der Waals surface area contributed by atoms with Gasteiger partial charge in [-0.25, -0.2) is 0 Å². The van der Waals surface area contributed by atoms with Crippen molar-refractivity contribution < 1.29 is 9.84 Å². The lowest BCUT2D eigenvalue weighted by Crippen LogP contribution is -2.18. The average molecular weight is 611 g/mol. The van der Waals surface area contributed by atoms with Crippen LogP contribution in [0.5, 0.6) is 11.5 Å². The summed E-state index contributed by atoms with van der Waals surface area (Å²) in [5.74, 6) is 1.32. The van der Waals surface area contributed by atoms with Crippen molar-refractivity contribution in [2.24, 2.45) is 0 Å². The van der Waals surface area contributed by atoms with E-state index in [1.54, 1.807) is 12.1 Å². The Kier molecular flexibility index (Phi) is 26.5. The third-order valence-electron chi connectivity index (χ3n) is 8.55. The number of nitrogens with one attached hydrogen (secondary N) is 1. The molecular formula is C40H70N2O2. The van der Waals surface area contributed by atoms with E-state index in [9.17, 15) is 0 Å². The highest BCUT2D eigenvalue weighted by molar-refractivity contribution is 5.48. The summed E-state index contributed by atoms with van der Waals surface area (Å²) in [5, 5.41) is 11.8. The molecule has 0 aliphatic rings. The summed E-state index contributed by atoms with van der Waals surface area (Å²) in [4.78, 5) is 2.39. The summed E-state index contributed by atoms with van der Waals surface area (Å²) in [5.41, 5.74) is 2.31. The van der Waals surface area contributed by atoms with E-state index in [1.807, 2.05) is 19.2 Å². The van der Waals surface area contributed by atoms with E-state index in [0.717, 1.165) is 24.6 Å². The largest absolute Gasteiger partial charge is 0.508 e. The molecule has 0 radical (unpaired) electrons. The summed E-state index contributed by atoms with van der Waals surface area (Å²) < 4.78 is 5.98. The number of phenolic OH excluding ortho intramolecular Hbond substituents is 1. The lowest BCUT2D eigenvalue weighted by molar-refractivity contribution is 0.304.